The highest BCUT2D eigenvalue weighted by atomic mass is 32.1. The van der Waals surface area contributed by atoms with Gasteiger partial charge in [0, 0.05) is 22.7 Å². The molecule has 19 heavy (non-hydrogen) atoms. The van der Waals surface area contributed by atoms with Gasteiger partial charge in [-0.1, -0.05) is 24.3 Å². The second-order valence-corrected chi connectivity index (χ2v) is 5.46. The first-order valence-electron chi connectivity index (χ1n) is 6.26. The van der Waals surface area contributed by atoms with E-state index in [-0.39, 0.29) is 6.04 Å². The number of nitrogens with zero attached hydrogens (tertiary/aromatic N) is 2. The molecule has 0 aliphatic heterocycles. The van der Waals surface area contributed by atoms with Crippen molar-refractivity contribution in [1.82, 2.24) is 9.97 Å². The summed E-state index contributed by atoms with van der Waals surface area (Å²) in [5.41, 5.74) is 1.07. The SMILES string of the molecule is Cc1csc(C(C)Nc2nccc3ccccc23)n1. The van der Waals surface area contributed by atoms with E-state index in [4.69, 9.17) is 0 Å². The van der Waals surface area contributed by atoms with Gasteiger partial charge in [0.15, 0.2) is 0 Å². The van der Waals surface area contributed by atoms with E-state index in [1.54, 1.807) is 11.3 Å². The lowest BCUT2D eigenvalue weighted by Crippen LogP contribution is -2.08. The largest absolute Gasteiger partial charge is 0.361 e. The lowest BCUT2D eigenvalue weighted by molar-refractivity contribution is 0.858. The van der Waals surface area contributed by atoms with E-state index in [1.165, 1.54) is 5.39 Å². The van der Waals surface area contributed by atoms with Crippen LogP contribution in [-0.2, 0) is 0 Å². The zero-order valence-electron chi connectivity index (χ0n) is 10.9. The molecule has 1 atom stereocenters. The van der Waals surface area contributed by atoms with Crippen LogP contribution in [0.2, 0.25) is 0 Å². The van der Waals surface area contributed by atoms with E-state index >= 15 is 0 Å². The molecule has 4 heteroatoms. The predicted molar refractivity (Wildman–Crippen MR) is 80.6 cm³/mol. The summed E-state index contributed by atoms with van der Waals surface area (Å²) in [7, 11) is 0. The van der Waals surface area contributed by atoms with Crippen LogP contribution in [0.1, 0.15) is 23.7 Å². The third-order valence-electron chi connectivity index (χ3n) is 3.03. The maximum Gasteiger partial charge on any atom is 0.134 e. The molecule has 0 saturated carbocycles. The van der Waals surface area contributed by atoms with Crippen molar-refractivity contribution in [1.29, 1.82) is 0 Å². The van der Waals surface area contributed by atoms with Crippen LogP contribution in [0.3, 0.4) is 0 Å². The van der Waals surface area contributed by atoms with Gasteiger partial charge in [-0.25, -0.2) is 9.97 Å². The Morgan fingerprint density at radius 1 is 1.21 bits per heavy atom. The molecule has 0 bridgehead atoms. The van der Waals surface area contributed by atoms with Gasteiger partial charge in [0.25, 0.3) is 0 Å². The van der Waals surface area contributed by atoms with E-state index in [0.29, 0.717) is 0 Å². The highest BCUT2D eigenvalue weighted by Gasteiger charge is 2.11. The van der Waals surface area contributed by atoms with Crippen LogP contribution in [0.25, 0.3) is 10.8 Å². The second kappa shape index (κ2) is 4.97. The van der Waals surface area contributed by atoms with Crippen LogP contribution < -0.4 is 5.32 Å². The van der Waals surface area contributed by atoms with E-state index in [9.17, 15) is 0 Å². The molecule has 0 fully saturated rings. The Balaban J connectivity index is 1.93. The molecule has 2 aromatic heterocycles. The summed E-state index contributed by atoms with van der Waals surface area (Å²) in [4.78, 5) is 8.96. The quantitative estimate of drug-likeness (QED) is 0.775. The Morgan fingerprint density at radius 2 is 2.05 bits per heavy atom. The summed E-state index contributed by atoms with van der Waals surface area (Å²) in [6.45, 7) is 4.13. The second-order valence-electron chi connectivity index (χ2n) is 4.57. The van der Waals surface area contributed by atoms with Crippen LogP contribution in [0.15, 0.2) is 41.9 Å². The Hall–Kier alpha value is -1.94. The Labute approximate surface area is 116 Å². The van der Waals surface area contributed by atoms with E-state index < -0.39 is 0 Å². The van der Waals surface area contributed by atoms with Gasteiger partial charge in [0.05, 0.1) is 6.04 Å². The smallest absolute Gasteiger partial charge is 0.134 e. The fraction of sp³-hybridized carbons (Fsp3) is 0.200. The summed E-state index contributed by atoms with van der Waals surface area (Å²) in [6, 6.07) is 10.5. The molecule has 96 valence electrons. The van der Waals surface area contributed by atoms with Gasteiger partial charge in [-0.15, -0.1) is 11.3 Å². The number of thiazole rings is 1. The standard InChI is InChI=1S/C15H15N3S/c1-10-9-19-15(17-10)11(2)18-14-13-6-4-3-5-12(13)7-8-16-14/h3-9,11H,1-2H3,(H,16,18). The Morgan fingerprint density at radius 3 is 2.84 bits per heavy atom. The van der Waals surface area contributed by atoms with E-state index in [0.717, 1.165) is 21.9 Å². The van der Waals surface area contributed by atoms with Crippen molar-refractivity contribution in [3.63, 3.8) is 0 Å². The van der Waals surface area contributed by atoms with Crippen molar-refractivity contribution >= 4 is 27.9 Å². The Kier molecular flexibility index (Phi) is 3.17. The normalized spacial score (nSPS) is 12.5. The minimum Gasteiger partial charge on any atom is -0.361 e. The molecule has 1 N–H and O–H groups in total. The van der Waals surface area contributed by atoms with Crippen LogP contribution in [0.5, 0.6) is 0 Å². The monoisotopic (exact) mass is 269 g/mol. The number of anilines is 1. The van der Waals surface area contributed by atoms with Crippen LogP contribution >= 0.6 is 11.3 Å². The summed E-state index contributed by atoms with van der Waals surface area (Å²) in [5.74, 6) is 0.915. The molecule has 0 amide bonds. The molecule has 0 spiro atoms. The molecule has 0 aliphatic rings. The maximum absolute atomic E-state index is 4.52. The third kappa shape index (κ3) is 2.44. The van der Waals surface area contributed by atoms with Crippen LogP contribution in [-0.4, -0.2) is 9.97 Å². The molecule has 0 aliphatic carbocycles. The van der Waals surface area contributed by atoms with E-state index in [1.807, 2.05) is 31.3 Å². The zero-order valence-corrected chi connectivity index (χ0v) is 11.7. The molecule has 0 radical (unpaired) electrons. The maximum atomic E-state index is 4.52. The number of rotatable bonds is 3. The molecular weight excluding hydrogens is 254 g/mol. The van der Waals surface area contributed by atoms with Crippen molar-refractivity contribution in [2.24, 2.45) is 0 Å². The van der Waals surface area contributed by atoms with Crippen molar-refractivity contribution in [3.05, 3.63) is 52.6 Å². The van der Waals surface area contributed by atoms with Gasteiger partial charge in [0.1, 0.15) is 10.8 Å². The molecule has 1 unspecified atom stereocenters. The minimum absolute atomic E-state index is 0.164. The molecule has 3 nitrogen and oxygen atoms in total. The van der Waals surface area contributed by atoms with Gasteiger partial charge in [-0.3, -0.25) is 0 Å². The predicted octanol–water partition coefficient (Wildman–Crippen LogP) is 4.17. The van der Waals surface area contributed by atoms with Crippen LogP contribution in [0.4, 0.5) is 5.82 Å². The van der Waals surface area contributed by atoms with Gasteiger partial charge >= 0.3 is 0 Å². The molecule has 3 rings (SSSR count). The number of aryl methyl sites for hydroxylation is 1. The van der Waals surface area contributed by atoms with Gasteiger partial charge in [-0.2, -0.15) is 0 Å². The number of hydrogen-bond acceptors (Lipinski definition) is 4. The first kappa shape index (κ1) is 12.1. The van der Waals surface area contributed by atoms with Crippen molar-refractivity contribution in [3.8, 4) is 0 Å². The average molecular weight is 269 g/mol. The van der Waals surface area contributed by atoms with Gasteiger partial charge in [-0.05, 0) is 25.3 Å². The van der Waals surface area contributed by atoms with Crippen molar-refractivity contribution < 1.29 is 0 Å². The average Bonchev–Trinajstić information content (AvgIpc) is 2.86. The fourth-order valence-corrected chi connectivity index (χ4v) is 2.88. The highest BCUT2D eigenvalue weighted by molar-refractivity contribution is 7.09. The topological polar surface area (TPSA) is 37.8 Å². The molecule has 3 aromatic rings. The summed E-state index contributed by atoms with van der Waals surface area (Å²) < 4.78 is 0. The number of aromatic nitrogens is 2. The minimum atomic E-state index is 0.164. The Bertz CT molecular complexity index is 700. The molecule has 1 aromatic carbocycles. The molecule has 2 heterocycles. The summed E-state index contributed by atoms with van der Waals surface area (Å²) >= 11 is 1.68. The summed E-state index contributed by atoms with van der Waals surface area (Å²) in [6.07, 6.45) is 1.84. The number of pyridine rings is 1. The number of benzene rings is 1. The molecule has 0 saturated heterocycles. The van der Waals surface area contributed by atoms with Gasteiger partial charge < -0.3 is 5.32 Å². The highest BCUT2D eigenvalue weighted by Crippen LogP contribution is 2.26. The summed E-state index contributed by atoms with van der Waals surface area (Å²) in [5, 5.41) is 8.96. The van der Waals surface area contributed by atoms with Crippen molar-refractivity contribution in [2.45, 2.75) is 19.9 Å². The lowest BCUT2D eigenvalue weighted by Gasteiger charge is -2.13. The zero-order chi connectivity index (χ0) is 13.2. The van der Waals surface area contributed by atoms with Crippen LogP contribution in [0, 0.1) is 6.92 Å². The fourth-order valence-electron chi connectivity index (χ4n) is 2.07. The number of fused-ring (bicyclic) bond motifs is 1. The van der Waals surface area contributed by atoms with E-state index in [2.05, 4.69) is 39.7 Å². The number of hydrogen-bond donors (Lipinski definition) is 1. The number of nitrogens with one attached hydrogen (secondary N) is 1. The first-order chi connectivity index (χ1) is 9.24. The van der Waals surface area contributed by atoms with Crippen molar-refractivity contribution in [2.75, 3.05) is 5.32 Å². The van der Waals surface area contributed by atoms with Gasteiger partial charge in [0.2, 0.25) is 0 Å². The third-order valence-corrected chi connectivity index (χ3v) is 4.18. The lowest BCUT2D eigenvalue weighted by atomic mass is 10.1. The first-order valence-corrected chi connectivity index (χ1v) is 7.14. The molecular formula is C15H15N3S.